The van der Waals surface area contributed by atoms with E-state index in [1.165, 1.54) is 6.08 Å². The summed E-state index contributed by atoms with van der Waals surface area (Å²) < 4.78 is 0.998. The van der Waals surface area contributed by atoms with Crippen molar-refractivity contribution in [3.63, 3.8) is 0 Å². The number of halogens is 1. The maximum absolute atomic E-state index is 10.9. The minimum atomic E-state index is -0.400. The number of hydrogen-bond acceptors (Lipinski definition) is 2. The molecule has 1 rings (SSSR count). The van der Waals surface area contributed by atoms with Crippen LogP contribution < -0.4 is 0 Å². The SMILES string of the molecule is O=C(C=Cc1ccc(Br)cc1)N=C=S. The number of aliphatic imine (C=N–C) groups is 1. The first-order valence-electron chi connectivity index (χ1n) is 3.78. The van der Waals surface area contributed by atoms with Gasteiger partial charge in [0.25, 0.3) is 5.91 Å². The van der Waals surface area contributed by atoms with Gasteiger partial charge >= 0.3 is 0 Å². The Balaban J connectivity index is 2.73. The zero-order valence-corrected chi connectivity index (χ0v) is 9.51. The summed E-state index contributed by atoms with van der Waals surface area (Å²) in [5.41, 5.74) is 0.932. The molecule has 0 aromatic heterocycles. The van der Waals surface area contributed by atoms with Gasteiger partial charge in [-0.05, 0) is 36.0 Å². The van der Waals surface area contributed by atoms with Crippen LogP contribution in [0.5, 0.6) is 0 Å². The van der Waals surface area contributed by atoms with E-state index < -0.39 is 5.91 Å². The maximum atomic E-state index is 10.9. The van der Waals surface area contributed by atoms with Crippen molar-refractivity contribution in [3.05, 3.63) is 40.4 Å². The first kappa shape index (κ1) is 11.0. The molecule has 14 heavy (non-hydrogen) atoms. The fourth-order valence-corrected chi connectivity index (χ4v) is 1.18. The second kappa shape index (κ2) is 5.60. The number of benzene rings is 1. The Morgan fingerprint density at radius 3 is 2.64 bits per heavy atom. The van der Waals surface area contributed by atoms with E-state index in [0.29, 0.717) is 0 Å². The molecule has 1 amide bonds. The smallest absolute Gasteiger partial charge is 0.267 e. The van der Waals surface area contributed by atoms with Gasteiger partial charge in [0, 0.05) is 10.5 Å². The standard InChI is InChI=1S/C10H6BrNOS/c11-9-4-1-8(2-5-9)3-6-10(13)12-7-14/h1-6H. The largest absolute Gasteiger partial charge is 0.278 e. The van der Waals surface area contributed by atoms with Crippen LogP contribution >= 0.6 is 28.1 Å². The third-order valence-electron chi connectivity index (χ3n) is 1.44. The van der Waals surface area contributed by atoms with E-state index >= 15 is 0 Å². The minimum absolute atomic E-state index is 0.400. The number of isothiocyanates is 1. The quantitative estimate of drug-likeness (QED) is 0.468. The molecule has 0 N–H and O–H groups in total. The third-order valence-corrected chi connectivity index (χ3v) is 2.06. The van der Waals surface area contributed by atoms with Crippen molar-refractivity contribution in [1.82, 2.24) is 0 Å². The Hall–Kier alpha value is -1.09. The van der Waals surface area contributed by atoms with Crippen LogP contribution in [0.15, 0.2) is 39.8 Å². The molecule has 0 aliphatic heterocycles. The highest BCUT2D eigenvalue weighted by atomic mass is 79.9. The molecular weight excluding hydrogens is 262 g/mol. The average Bonchev–Trinajstić information content (AvgIpc) is 2.17. The molecule has 0 saturated heterocycles. The van der Waals surface area contributed by atoms with E-state index in [-0.39, 0.29) is 0 Å². The highest BCUT2D eigenvalue weighted by Crippen LogP contribution is 2.11. The second-order valence-corrected chi connectivity index (χ2v) is 3.52. The van der Waals surface area contributed by atoms with Crippen molar-refractivity contribution in [2.45, 2.75) is 0 Å². The van der Waals surface area contributed by atoms with Crippen LogP contribution in [-0.4, -0.2) is 11.1 Å². The third kappa shape index (κ3) is 3.75. The van der Waals surface area contributed by atoms with Gasteiger partial charge in [-0.1, -0.05) is 28.1 Å². The van der Waals surface area contributed by atoms with E-state index in [4.69, 9.17) is 0 Å². The van der Waals surface area contributed by atoms with Crippen LogP contribution in [0.3, 0.4) is 0 Å². The number of carbonyl (C=O) groups excluding carboxylic acids is 1. The van der Waals surface area contributed by atoms with Crippen molar-refractivity contribution < 1.29 is 4.79 Å². The normalized spacial score (nSPS) is 9.79. The second-order valence-electron chi connectivity index (χ2n) is 2.43. The number of nitrogens with zero attached hydrogens (tertiary/aromatic N) is 1. The molecule has 4 heteroatoms. The van der Waals surface area contributed by atoms with E-state index in [2.05, 4.69) is 33.1 Å². The summed E-state index contributed by atoms with van der Waals surface area (Å²) in [7, 11) is 0. The van der Waals surface area contributed by atoms with Crippen LogP contribution in [0, 0.1) is 0 Å². The predicted octanol–water partition coefficient (Wildman–Crippen LogP) is 3.09. The van der Waals surface area contributed by atoms with Crippen molar-refractivity contribution in [2.75, 3.05) is 0 Å². The zero-order chi connectivity index (χ0) is 10.4. The summed E-state index contributed by atoms with van der Waals surface area (Å²) in [5, 5.41) is 2.01. The van der Waals surface area contributed by atoms with Crippen LogP contribution in [0.25, 0.3) is 6.08 Å². The topological polar surface area (TPSA) is 29.4 Å². The van der Waals surface area contributed by atoms with E-state index in [0.717, 1.165) is 10.0 Å². The predicted molar refractivity (Wildman–Crippen MR) is 63.2 cm³/mol. The molecule has 0 bridgehead atoms. The Labute approximate surface area is 95.5 Å². The first-order valence-corrected chi connectivity index (χ1v) is 4.98. The van der Waals surface area contributed by atoms with Crippen molar-refractivity contribution in [1.29, 1.82) is 0 Å². The highest BCUT2D eigenvalue weighted by Gasteiger charge is 1.90. The van der Waals surface area contributed by atoms with Gasteiger partial charge in [-0.3, -0.25) is 4.79 Å². The van der Waals surface area contributed by atoms with Gasteiger partial charge in [0.05, 0.1) is 5.16 Å². The minimum Gasteiger partial charge on any atom is -0.267 e. The molecule has 0 aliphatic rings. The lowest BCUT2D eigenvalue weighted by molar-refractivity contribution is -0.113. The zero-order valence-electron chi connectivity index (χ0n) is 7.11. The monoisotopic (exact) mass is 267 g/mol. The summed E-state index contributed by atoms with van der Waals surface area (Å²) in [6, 6.07) is 7.56. The van der Waals surface area contributed by atoms with Crippen LogP contribution in [0.1, 0.15) is 5.56 Å². The number of thiocarbonyl (C=S) groups is 1. The van der Waals surface area contributed by atoms with Gasteiger partial charge < -0.3 is 0 Å². The summed E-state index contributed by atoms with van der Waals surface area (Å²) in [4.78, 5) is 14.2. The fraction of sp³-hybridized carbons (Fsp3) is 0. The molecule has 0 aliphatic carbocycles. The van der Waals surface area contributed by atoms with Crippen LogP contribution in [-0.2, 0) is 4.79 Å². The van der Waals surface area contributed by atoms with Crippen molar-refractivity contribution >= 4 is 45.3 Å². The molecule has 70 valence electrons. The molecule has 0 atom stereocenters. The lowest BCUT2D eigenvalue weighted by atomic mass is 10.2. The Morgan fingerprint density at radius 1 is 1.43 bits per heavy atom. The molecule has 0 heterocycles. The molecule has 0 saturated carbocycles. The average molecular weight is 268 g/mol. The Bertz CT molecular complexity index is 405. The molecule has 0 unspecified atom stereocenters. The van der Waals surface area contributed by atoms with Crippen LogP contribution in [0.2, 0.25) is 0 Å². The molecule has 0 fully saturated rings. The summed E-state index contributed by atoms with van der Waals surface area (Å²) in [6.07, 6.45) is 3.02. The molecular formula is C10H6BrNOS. The molecule has 2 nitrogen and oxygen atoms in total. The fourth-order valence-electron chi connectivity index (χ4n) is 0.824. The Kier molecular flexibility index (Phi) is 4.40. The summed E-state index contributed by atoms with van der Waals surface area (Å²) in [5.74, 6) is -0.400. The van der Waals surface area contributed by atoms with E-state index in [1.807, 2.05) is 29.4 Å². The summed E-state index contributed by atoms with van der Waals surface area (Å²) in [6.45, 7) is 0. The van der Waals surface area contributed by atoms with Gasteiger partial charge in [-0.2, -0.15) is 4.99 Å². The molecule has 1 aromatic carbocycles. The van der Waals surface area contributed by atoms with Gasteiger partial charge in [-0.25, -0.2) is 0 Å². The number of amides is 1. The number of rotatable bonds is 2. The van der Waals surface area contributed by atoms with Gasteiger partial charge in [0.1, 0.15) is 0 Å². The van der Waals surface area contributed by atoms with E-state index in [1.54, 1.807) is 6.08 Å². The van der Waals surface area contributed by atoms with Gasteiger partial charge in [0.2, 0.25) is 0 Å². The number of hydrogen-bond donors (Lipinski definition) is 0. The van der Waals surface area contributed by atoms with Gasteiger partial charge in [-0.15, -0.1) is 0 Å². The Morgan fingerprint density at radius 2 is 2.07 bits per heavy atom. The first-order chi connectivity index (χ1) is 6.72. The lowest BCUT2D eigenvalue weighted by Crippen LogP contribution is -1.83. The molecule has 0 spiro atoms. The van der Waals surface area contributed by atoms with Crippen molar-refractivity contribution in [3.8, 4) is 0 Å². The van der Waals surface area contributed by atoms with Crippen LogP contribution in [0.4, 0.5) is 0 Å². The molecule has 0 radical (unpaired) electrons. The highest BCUT2D eigenvalue weighted by molar-refractivity contribution is 9.10. The number of carbonyl (C=O) groups is 1. The molecule has 1 aromatic rings. The summed E-state index contributed by atoms with van der Waals surface area (Å²) >= 11 is 7.62. The lowest BCUT2D eigenvalue weighted by Gasteiger charge is -1.91. The van der Waals surface area contributed by atoms with Gasteiger partial charge in [0.15, 0.2) is 0 Å². The van der Waals surface area contributed by atoms with Crippen molar-refractivity contribution in [2.24, 2.45) is 4.99 Å². The maximum Gasteiger partial charge on any atom is 0.278 e. The van der Waals surface area contributed by atoms with E-state index in [9.17, 15) is 4.79 Å².